The van der Waals surface area contributed by atoms with Gasteiger partial charge < -0.3 is 15.2 Å². The summed E-state index contributed by atoms with van der Waals surface area (Å²) in [4.78, 5) is 30.0. The van der Waals surface area contributed by atoms with Gasteiger partial charge >= 0.3 is 5.97 Å². The Hall–Kier alpha value is -3.00. The van der Waals surface area contributed by atoms with Crippen LogP contribution in [-0.4, -0.2) is 35.7 Å². The van der Waals surface area contributed by atoms with Crippen LogP contribution in [0.1, 0.15) is 29.3 Å². The summed E-state index contributed by atoms with van der Waals surface area (Å²) in [6, 6.07) is 5.14. The third-order valence-electron chi connectivity index (χ3n) is 4.32. The van der Waals surface area contributed by atoms with Crippen LogP contribution in [0.4, 0.5) is 5.82 Å². The number of nitrogens with two attached hydrogens (primary N) is 1. The molecule has 0 atom stereocenters. The highest BCUT2D eigenvalue weighted by Gasteiger charge is 2.24. The van der Waals surface area contributed by atoms with Crippen LogP contribution in [0.2, 0.25) is 0 Å². The number of hydrogen-bond donors (Lipinski definition) is 1. The molecule has 3 rings (SSSR count). The maximum Gasteiger partial charge on any atom is 0.344 e. The summed E-state index contributed by atoms with van der Waals surface area (Å²) < 4.78 is 13.4. The van der Waals surface area contributed by atoms with E-state index in [1.807, 2.05) is 13.0 Å². The Bertz CT molecular complexity index is 1070. The second-order valence-electron chi connectivity index (χ2n) is 6.25. The first-order valence-corrected chi connectivity index (χ1v) is 8.79. The summed E-state index contributed by atoms with van der Waals surface area (Å²) >= 11 is 0. The van der Waals surface area contributed by atoms with Crippen molar-refractivity contribution in [2.75, 3.05) is 26.1 Å². The molecule has 0 aliphatic carbocycles. The molecule has 0 aliphatic heterocycles. The number of pyridine rings is 2. The van der Waals surface area contributed by atoms with E-state index in [-0.39, 0.29) is 23.5 Å². The van der Waals surface area contributed by atoms with Crippen LogP contribution >= 0.6 is 0 Å². The van der Waals surface area contributed by atoms with Gasteiger partial charge in [0.15, 0.2) is 0 Å². The Kier molecular flexibility index (Phi) is 5.36. The molecule has 0 aromatic carbocycles. The molecule has 3 aromatic heterocycles. The fourth-order valence-electron chi connectivity index (χ4n) is 3.02. The summed E-state index contributed by atoms with van der Waals surface area (Å²) in [6.45, 7) is 4.80. The number of anilines is 1. The van der Waals surface area contributed by atoms with Crippen LogP contribution in [0.5, 0.6) is 0 Å². The number of esters is 1. The van der Waals surface area contributed by atoms with Crippen LogP contribution in [-0.2, 0) is 16.0 Å². The standard InChI is InChI=1S/C19H22N4O4/c1-4-27-19(25)13-10-14-17(22(16(13)20)8-5-9-26-3)21-15-7-6-12(2)11-23(15)18(14)24/h6-7,10-11,20H,4-5,8-9H2,1-3H3/p+1. The highest BCUT2D eigenvalue weighted by molar-refractivity contribution is 5.96. The molecule has 8 heteroatoms. The minimum Gasteiger partial charge on any atom is -0.462 e. The van der Waals surface area contributed by atoms with Gasteiger partial charge in [0.2, 0.25) is 11.5 Å². The second kappa shape index (κ2) is 7.71. The smallest absolute Gasteiger partial charge is 0.344 e. The van der Waals surface area contributed by atoms with Crippen LogP contribution in [0, 0.1) is 6.92 Å². The fraction of sp³-hybridized carbons (Fsp3) is 0.368. The van der Waals surface area contributed by atoms with E-state index in [0.29, 0.717) is 36.3 Å². The lowest BCUT2D eigenvalue weighted by Gasteiger charge is -2.11. The topological polar surface area (TPSA) is 99.8 Å². The number of rotatable bonds is 6. The third-order valence-corrected chi connectivity index (χ3v) is 4.32. The zero-order valence-corrected chi connectivity index (χ0v) is 15.7. The molecule has 27 heavy (non-hydrogen) atoms. The Morgan fingerprint density at radius 2 is 2.15 bits per heavy atom. The fourth-order valence-corrected chi connectivity index (χ4v) is 3.02. The van der Waals surface area contributed by atoms with Crippen molar-refractivity contribution in [1.29, 1.82) is 0 Å². The largest absolute Gasteiger partial charge is 0.462 e. The molecule has 0 bridgehead atoms. The lowest BCUT2D eigenvalue weighted by atomic mass is 10.2. The van der Waals surface area contributed by atoms with E-state index in [1.54, 1.807) is 30.9 Å². The molecule has 3 heterocycles. The number of nitrogens with zero attached hydrogens (tertiary/aromatic N) is 3. The number of ether oxygens (including phenoxy) is 2. The molecule has 142 valence electrons. The number of carbonyl (C=O) groups is 1. The molecule has 0 saturated carbocycles. The molecule has 0 fully saturated rings. The van der Waals surface area contributed by atoms with Crippen molar-refractivity contribution < 1.29 is 18.8 Å². The molecular formula is C19H23N4O4+. The average molecular weight is 371 g/mol. The van der Waals surface area contributed by atoms with Gasteiger partial charge in [-0.2, -0.15) is 0 Å². The van der Waals surface area contributed by atoms with E-state index >= 15 is 0 Å². The quantitative estimate of drug-likeness (QED) is 0.303. The van der Waals surface area contributed by atoms with Crippen molar-refractivity contribution in [3.05, 3.63) is 45.9 Å². The van der Waals surface area contributed by atoms with Gasteiger partial charge in [0.1, 0.15) is 10.9 Å². The Labute approximate surface area is 156 Å². The lowest BCUT2D eigenvalue weighted by molar-refractivity contribution is -0.659. The van der Waals surface area contributed by atoms with Crippen molar-refractivity contribution >= 4 is 28.5 Å². The summed E-state index contributed by atoms with van der Waals surface area (Å²) in [6.07, 6.45) is 2.38. The minimum atomic E-state index is -0.564. The molecule has 3 aromatic rings. The lowest BCUT2D eigenvalue weighted by Crippen LogP contribution is -2.42. The van der Waals surface area contributed by atoms with Gasteiger partial charge in [-0.15, -0.1) is 0 Å². The molecular weight excluding hydrogens is 348 g/mol. The molecule has 0 saturated heterocycles. The third kappa shape index (κ3) is 3.48. The van der Waals surface area contributed by atoms with Gasteiger partial charge in [0.25, 0.3) is 11.2 Å². The zero-order chi connectivity index (χ0) is 19.6. The molecule has 0 radical (unpaired) electrons. The highest BCUT2D eigenvalue weighted by Crippen LogP contribution is 2.16. The van der Waals surface area contributed by atoms with Gasteiger partial charge in [-0.05, 0) is 31.5 Å². The SMILES string of the molecule is CCOC(=O)c1cc2c(=O)n3cc(C)ccc3nc2[n+](CCCOC)c1N. The van der Waals surface area contributed by atoms with E-state index < -0.39 is 5.97 Å². The van der Waals surface area contributed by atoms with Crippen molar-refractivity contribution in [2.24, 2.45) is 0 Å². The van der Waals surface area contributed by atoms with Crippen LogP contribution < -0.4 is 15.9 Å². The minimum absolute atomic E-state index is 0.160. The number of carbonyl (C=O) groups excluding carboxylic acids is 1. The van der Waals surface area contributed by atoms with Crippen LogP contribution in [0.25, 0.3) is 16.7 Å². The summed E-state index contributed by atoms with van der Waals surface area (Å²) in [5, 5.41) is 0.313. The number of aryl methyl sites for hydroxylation is 2. The van der Waals surface area contributed by atoms with Gasteiger partial charge in [0, 0.05) is 26.3 Å². The first kappa shape index (κ1) is 18.8. The van der Waals surface area contributed by atoms with Gasteiger partial charge in [-0.25, -0.2) is 9.36 Å². The maximum absolute atomic E-state index is 13.1. The predicted molar refractivity (Wildman–Crippen MR) is 101 cm³/mol. The van der Waals surface area contributed by atoms with Gasteiger partial charge in [0.05, 0.1) is 13.2 Å². The van der Waals surface area contributed by atoms with Crippen molar-refractivity contribution in [3.8, 4) is 0 Å². The van der Waals surface area contributed by atoms with E-state index in [9.17, 15) is 9.59 Å². The molecule has 8 nitrogen and oxygen atoms in total. The molecule has 0 amide bonds. The first-order valence-electron chi connectivity index (χ1n) is 8.79. The number of methoxy groups -OCH3 is 1. The van der Waals surface area contributed by atoms with E-state index in [2.05, 4.69) is 4.98 Å². The number of aromatic nitrogens is 3. The van der Waals surface area contributed by atoms with Gasteiger partial charge in [-0.1, -0.05) is 11.1 Å². The molecule has 0 spiro atoms. The Morgan fingerprint density at radius 1 is 1.37 bits per heavy atom. The van der Waals surface area contributed by atoms with Crippen LogP contribution in [0.3, 0.4) is 0 Å². The van der Waals surface area contributed by atoms with Crippen LogP contribution in [0.15, 0.2) is 29.2 Å². The molecule has 2 N–H and O–H groups in total. The molecule has 0 unspecified atom stereocenters. The Balaban J connectivity index is 2.34. The van der Waals surface area contributed by atoms with Crippen molar-refractivity contribution in [1.82, 2.24) is 9.38 Å². The van der Waals surface area contributed by atoms with Gasteiger partial charge in [-0.3, -0.25) is 9.20 Å². The Morgan fingerprint density at radius 3 is 2.85 bits per heavy atom. The number of fused-ring (bicyclic) bond motifs is 2. The summed E-state index contributed by atoms with van der Waals surface area (Å²) in [7, 11) is 1.61. The van der Waals surface area contributed by atoms with Crippen molar-refractivity contribution in [3.63, 3.8) is 0 Å². The van der Waals surface area contributed by atoms with E-state index in [4.69, 9.17) is 15.2 Å². The van der Waals surface area contributed by atoms with E-state index in [1.165, 1.54) is 10.5 Å². The van der Waals surface area contributed by atoms with Crippen molar-refractivity contribution in [2.45, 2.75) is 26.8 Å². The molecule has 0 aliphatic rings. The predicted octanol–water partition coefficient (Wildman–Crippen LogP) is 1.24. The zero-order valence-electron chi connectivity index (χ0n) is 15.7. The first-order chi connectivity index (χ1) is 13.0. The maximum atomic E-state index is 13.1. The second-order valence-corrected chi connectivity index (χ2v) is 6.25. The number of hydrogen-bond acceptors (Lipinski definition) is 6. The monoisotopic (exact) mass is 371 g/mol. The van der Waals surface area contributed by atoms with E-state index in [0.717, 1.165) is 5.56 Å². The average Bonchev–Trinajstić information content (AvgIpc) is 2.64. The normalized spacial score (nSPS) is 11.2. The highest BCUT2D eigenvalue weighted by atomic mass is 16.5. The number of nitrogen functional groups attached to an aromatic ring is 1. The summed E-state index contributed by atoms with van der Waals surface area (Å²) in [5.41, 5.74) is 8.04. The summed E-state index contributed by atoms with van der Waals surface area (Å²) in [5.74, 6) is -0.341.